The number of ketones is 1. The second kappa shape index (κ2) is 3.55. The molecule has 2 bridgehead atoms. The SMILES string of the molecule is O=C1CN2Cc3cc4c(cc3[C@@]13CCCC[C@@H]23)OCO4. The Labute approximate surface area is 117 Å². The highest BCUT2D eigenvalue weighted by Gasteiger charge is 2.58. The van der Waals surface area contributed by atoms with E-state index in [1.54, 1.807) is 0 Å². The van der Waals surface area contributed by atoms with Gasteiger partial charge in [0.2, 0.25) is 6.79 Å². The summed E-state index contributed by atoms with van der Waals surface area (Å²) in [7, 11) is 0. The first-order chi connectivity index (χ1) is 9.79. The van der Waals surface area contributed by atoms with Crippen molar-refractivity contribution in [3.63, 3.8) is 0 Å². The maximum atomic E-state index is 12.8. The van der Waals surface area contributed by atoms with Crippen LogP contribution in [-0.4, -0.2) is 30.1 Å². The zero-order chi connectivity index (χ0) is 13.3. The lowest BCUT2D eigenvalue weighted by Crippen LogP contribution is -2.50. The second-order valence-corrected chi connectivity index (χ2v) is 6.42. The van der Waals surface area contributed by atoms with Gasteiger partial charge >= 0.3 is 0 Å². The topological polar surface area (TPSA) is 38.8 Å². The first-order valence-corrected chi connectivity index (χ1v) is 7.49. The first kappa shape index (κ1) is 11.1. The summed E-state index contributed by atoms with van der Waals surface area (Å²) in [5.41, 5.74) is 2.23. The minimum Gasteiger partial charge on any atom is -0.454 e. The standard InChI is InChI=1S/C16H17NO3/c18-15-8-17-7-10-5-12-13(20-9-19-12)6-11(10)16(15)4-2-1-3-14(16)17/h5-6,14H,1-4,7-9H2/t14-,16-/m1/s1. The Morgan fingerprint density at radius 2 is 2.00 bits per heavy atom. The fraction of sp³-hybridized carbons (Fsp3) is 0.562. The molecule has 1 aromatic carbocycles. The van der Waals surface area contributed by atoms with Crippen molar-refractivity contribution in [3.05, 3.63) is 23.3 Å². The molecule has 4 nitrogen and oxygen atoms in total. The molecule has 1 unspecified atom stereocenters. The number of nitrogens with zero attached hydrogens (tertiary/aromatic N) is 1. The molecule has 3 heterocycles. The molecule has 2 fully saturated rings. The van der Waals surface area contributed by atoms with Gasteiger partial charge in [-0.1, -0.05) is 12.8 Å². The number of ether oxygens (including phenoxy) is 2. The normalized spacial score (nSPS) is 36.7. The van der Waals surface area contributed by atoms with Gasteiger partial charge in [-0.15, -0.1) is 0 Å². The Kier molecular flexibility index (Phi) is 1.98. The largest absolute Gasteiger partial charge is 0.454 e. The van der Waals surface area contributed by atoms with Crippen molar-refractivity contribution in [2.45, 2.75) is 43.7 Å². The molecule has 0 N–H and O–H groups in total. The lowest BCUT2D eigenvalue weighted by Gasteiger charge is -2.45. The van der Waals surface area contributed by atoms with Crippen LogP contribution < -0.4 is 9.47 Å². The molecule has 5 rings (SSSR count). The van der Waals surface area contributed by atoms with E-state index in [1.807, 2.05) is 0 Å². The van der Waals surface area contributed by atoms with Crippen molar-refractivity contribution in [3.8, 4) is 11.5 Å². The summed E-state index contributed by atoms with van der Waals surface area (Å²) in [5, 5.41) is 0. The average Bonchev–Trinajstić information content (AvgIpc) is 2.99. The Morgan fingerprint density at radius 1 is 1.15 bits per heavy atom. The molecule has 0 aromatic heterocycles. The van der Waals surface area contributed by atoms with E-state index in [0.717, 1.165) is 37.3 Å². The zero-order valence-electron chi connectivity index (χ0n) is 11.4. The monoisotopic (exact) mass is 271 g/mol. The van der Waals surface area contributed by atoms with Crippen molar-refractivity contribution in [2.24, 2.45) is 0 Å². The Hall–Kier alpha value is -1.55. The van der Waals surface area contributed by atoms with E-state index in [0.29, 0.717) is 25.2 Å². The summed E-state index contributed by atoms with van der Waals surface area (Å²) >= 11 is 0. The molecule has 0 amide bonds. The zero-order valence-corrected chi connectivity index (χ0v) is 11.4. The number of fused-ring (bicyclic) bond motifs is 2. The Bertz CT molecular complexity index is 626. The van der Waals surface area contributed by atoms with Crippen LogP contribution in [0, 0.1) is 0 Å². The molecular formula is C16H17NO3. The van der Waals surface area contributed by atoms with Gasteiger partial charge in [0.05, 0.1) is 12.0 Å². The van der Waals surface area contributed by atoms with Crippen LogP contribution in [0.3, 0.4) is 0 Å². The highest BCUT2D eigenvalue weighted by atomic mass is 16.7. The van der Waals surface area contributed by atoms with Crippen molar-refractivity contribution in [2.75, 3.05) is 13.3 Å². The molecule has 20 heavy (non-hydrogen) atoms. The number of carbonyl (C=O) groups excluding carboxylic acids is 1. The quantitative estimate of drug-likeness (QED) is 0.723. The van der Waals surface area contributed by atoms with Crippen LogP contribution in [0.5, 0.6) is 11.5 Å². The molecule has 4 aliphatic rings. The van der Waals surface area contributed by atoms with E-state index in [1.165, 1.54) is 17.5 Å². The van der Waals surface area contributed by atoms with Crippen LogP contribution in [0.15, 0.2) is 12.1 Å². The van der Waals surface area contributed by atoms with Crippen LogP contribution in [0.2, 0.25) is 0 Å². The summed E-state index contributed by atoms with van der Waals surface area (Å²) < 4.78 is 11.0. The summed E-state index contributed by atoms with van der Waals surface area (Å²) in [6, 6.07) is 4.60. The van der Waals surface area contributed by atoms with Crippen molar-refractivity contribution in [1.82, 2.24) is 4.90 Å². The van der Waals surface area contributed by atoms with Crippen molar-refractivity contribution in [1.29, 1.82) is 0 Å². The number of hydrogen-bond acceptors (Lipinski definition) is 4. The van der Waals surface area contributed by atoms with Gasteiger partial charge in [0.25, 0.3) is 0 Å². The molecule has 3 atom stereocenters. The highest BCUT2D eigenvalue weighted by molar-refractivity contribution is 5.96. The predicted octanol–water partition coefficient (Wildman–Crippen LogP) is 1.99. The third-order valence-electron chi connectivity index (χ3n) is 5.61. The molecule has 104 valence electrons. The van der Waals surface area contributed by atoms with Gasteiger partial charge in [-0.3, -0.25) is 9.69 Å². The van der Waals surface area contributed by atoms with Gasteiger partial charge in [0.1, 0.15) is 0 Å². The molecule has 0 spiro atoms. The van der Waals surface area contributed by atoms with Crippen molar-refractivity contribution >= 4 is 5.78 Å². The maximum Gasteiger partial charge on any atom is 0.231 e. The lowest BCUT2D eigenvalue weighted by atomic mass is 9.63. The minimum absolute atomic E-state index is 0.257. The van der Waals surface area contributed by atoms with Crippen LogP contribution >= 0.6 is 0 Å². The number of hydrogen-bond donors (Lipinski definition) is 0. The third-order valence-corrected chi connectivity index (χ3v) is 5.61. The molecule has 1 saturated carbocycles. The predicted molar refractivity (Wildman–Crippen MR) is 71.9 cm³/mol. The average molecular weight is 271 g/mol. The van der Waals surface area contributed by atoms with Crippen LogP contribution in [0.1, 0.15) is 36.8 Å². The Balaban J connectivity index is 1.76. The molecule has 3 aliphatic heterocycles. The van der Waals surface area contributed by atoms with E-state index >= 15 is 0 Å². The number of benzene rings is 1. The first-order valence-electron chi connectivity index (χ1n) is 7.49. The van der Waals surface area contributed by atoms with Crippen molar-refractivity contribution < 1.29 is 14.3 Å². The van der Waals surface area contributed by atoms with Gasteiger partial charge in [0, 0.05) is 12.6 Å². The van der Waals surface area contributed by atoms with Gasteiger partial charge in [0.15, 0.2) is 17.3 Å². The number of rotatable bonds is 0. The smallest absolute Gasteiger partial charge is 0.231 e. The second-order valence-electron chi connectivity index (χ2n) is 6.42. The van der Waals surface area contributed by atoms with E-state index in [4.69, 9.17) is 9.47 Å². The van der Waals surface area contributed by atoms with Crippen LogP contribution in [-0.2, 0) is 16.8 Å². The summed E-state index contributed by atoms with van der Waals surface area (Å²) in [6.45, 7) is 1.79. The van der Waals surface area contributed by atoms with Gasteiger partial charge in [-0.2, -0.15) is 0 Å². The van der Waals surface area contributed by atoms with Gasteiger partial charge in [-0.25, -0.2) is 0 Å². The maximum absolute atomic E-state index is 12.8. The molecule has 0 radical (unpaired) electrons. The molecular weight excluding hydrogens is 254 g/mol. The van der Waals surface area contributed by atoms with Crippen LogP contribution in [0.4, 0.5) is 0 Å². The molecule has 1 saturated heterocycles. The molecule has 1 aromatic rings. The fourth-order valence-corrected chi connectivity index (χ4v) is 4.79. The van der Waals surface area contributed by atoms with Crippen LogP contribution in [0.25, 0.3) is 0 Å². The van der Waals surface area contributed by atoms with Gasteiger partial charge < -0.3 is 9.47 Å². The fourth-order valence-electron chi connectivity index (χ4n) is 4.79. The third kappa shape index (κ3) is 1.15. The highest BCUT2D eigenvalue weighted by Crippen LogP contribution is 2.53. The van der Waals surface area contributed by atoms with E-state index in [2.05, 4.69) is 17.0 Å². The van der Waals surface area contributed by atoms with E-state index < -0.39 is 0 Å². The molecule has 4 heteroatoms. The summed E-state index contributed by atoms with van der Waals surface area (Å²) in [4.78, 5) is 15.1. The van der Waals surface area contributed by atoms with E-state index in [9.17, 15) is 4.79 Å². The minimum atomic E-state index is -0.257. The molecule has 1 aliphatic carbocycles. The lowest BCUT2D eigenvalue weighted by molar-refractivity contribution is -0.122. The van der Waals surface area contributed by atoms with Gasteiger partial charge in [-0.05, 0) is 36.1 Å². The summed E-state index contributed by atoms with van der Waals surface area (Å²) in [6.07, 6.45) is 4.55. The summed E-state index contributed by atoms with van der Waals surface area (Å²) in [5.74, 6) is 2.07. The number of carbonyl (C=O) groups is 1. The van der Waals surface area contributed by atoms with E-state index in [-0.39, 0.29) is 5.41 Å². The Morgan fingerprint density at radius 3 is 2.90 bits per heavy atom. The number of Topliss-reactive ketones (excluding diaryl/α,β-unsaturated/α-hetero) is 1.